The maximum absolute atomic E-state index is 10.3. The van der Waals surface area contributed by atoms with Crippen molar-refractivity contribution in [2.24, 2.45) is 0 Å². The predicted molar refractivity (Wildman–Crippen MR) is 31.7 cm³/mol. The van der Waals surface area contributed by atoms with Crippen LogP contribution in [-0.2, 0) is 14.3 Å². The average Bonchev–Trinajstić information content (AvgIpc) is 1.99. The summed E-state index contributed by atoms with van der Waals surface area (Å²) >= 11 is 0. The predicted octanol–water partition coefficient (Wildman–Crippen LogP) is -0.460. The third-order valence-corrected chi connectivity index (χ3v) is 0.916. The van der Waals surface area contributed by atoms with Crippen LogP contribution in [-0.4, -0.2) is 23.5 Å². The van der Waals surface area contributed by atoms with Crippen LogP contribution >= 0.6 is 0 Å². The topological polar surface area (TPSA) is 63.6 Å². The second-order valence-corrected chi connectivity index (χ2v) is 1.69. The van der Waals surface area contributed by atoms with E-state index in [1.807, 2.05) is 0 Å². The molecule has 1 N–H and O–H groups in total. The molecule has 0 saturated carbocycles. The van der Waals surface area contributed by atoms with E-state index < -0.39 is 18.4 Å². The number of rotatable bonds is 4. The van der Waals surface area contributed by atoms with E-state index >= 15 is 0 Å². The van der Waals surface area contributed by atoms with Gasteiger partial charge in [-0.25, -0.2) is 0 Å². The highest BCUT2D eigenvalue weighted by Gasteiger charge is 2.04. The Kier molecular flexibility index (Phi) is 4.49. The lowest BCUT2D eigenvalue weighted by Crippen LogP contribution is -2.07. The van der Waals surface area contributed by atoms with Crippen molar-refractivity contribution in [1.29, 1.82) is 0 Å². The smallest absolute Gasteiger partial charge is 0.306 e. The normalized spacial score (nSPS) is 9.00. The van der Waals surface area contributed by atoms with Crippen molar-refractivity contribution in [3.05, 3.63) is 7.11 Å². The highest BCUT2D eigenvalue weighted by molar-refractivity contribution is 5.83. The first-order chi connectivity index (χ1) is 4.70. The van der Waals surface area contributed by atoms with E-state index in [2.05, 4.69) is 11.8 Å². The number of hydrogen-bond donors (Lipinski definition) is 1. The Morgan fingerprint density at radius 1 is 1.40 bits per heavy atom. The molecule has 56 valence electrons. The molecule has 0 spiro atoms. The summed E-state index contributed by atoms with van der Waals surface area (Å²) < 4.78 is 3.77. The summed E-state index contributed by atoms with van der Waals surface area (Å²) in [5.74, 6) is -1.05. The monoisotopic (exact) mass is 144 g/mol. The minimum absolute atomic E-state index is 0.0213. The van der Waals surface area contributed by atoms with Gasteiger partial charge in [0.2, 0.25) is 0 Å². The molecule has 0 unspecified atom stereocenters. The quantitative estimate of drug-likeness (QED) is 0.542. The lowest BCUT2D eigenvalue weighted by atomic mass is 10.2. The number of aliphatic hydroxyl groups is 1. The standard InChI is InChI=1S/C6H8O4/c1-10-6(9)3-2-5(8)4-7/h1,7H,2-4H2. The summed E-state index contributed by atoms with van der Waals surface area (Å²) in [5.41, 5.74) is 0. The van der Waals surface area contributed by atoms with Gasteiger partial charge in [0.15, 0.2) is 12.9 Å². The fourth-order valence-corrected chi connectivity index (χ4v) is 0.379. The van der Waals surface area contributed by atoms with Gasteiger partial charge in [-0.05, 0) is 0 Å². The van der Waals surface area contributed by atoms with Crippen LogP contribution in [0, 0.1) is 7.11 Å². The molecule has 0 fully saturated rings. The highest BCUT2D eigenvalue weighted by Crippen LogP contribution is 1.92. The number of Topliss-reactive ketones (excluding diaryl/α,β-unsaturated/α-hetero) is 1. The number of esters is 1. The van der Waals surface area contributed by atoms with Crippen LogP contribution in [0.5, 0.6) is 0 Å². The Hall–Kier alpha value is -0.900. The molecule has 0 rings (SSSR count). The van der Waals surface area contributed by atoms with Gasteiger partial charge in [0, 0.05) is 6.42 Å². The Bertz CT molecular complexity index is 114. The van der Waals surface area contributed by atoms with Crippen molar-refractivity contribution in [2.45, 2.75) is 12.8 Å². The van der Waals surface area contributed by atoms with Gasteiger partial charge in [0.25, 0.3) is 0 Å². The molecule has 0 atom stereocenters. The Labute approximate surface area is 58.8 Å². The number of hydrogen-bond acceptors (Lipinski definition) is 4. The van der Waals surface area contributed by atoms with E-state index in [-0.39, 0.29) is 12.8 Å². The van der Waals surface area contributed by atoms with Crippen LogP contribution in [0.25, 0.3) is 0 Å². The molecule has 0 bridgehead atoms. The van der Waals surface area contributed by atoms with Gasteiger partial charge in [-0.15, -0.1) is 0 Å². The molecule has 0 amide bonds. The Morgan fingerprint density at radius 2 is 2.00 bits per heavy atom. The van der Waals surface area contributed by atoms with Gasteiger partial charge in [-0.3, -0.25) is 9.59 Å². The molecule has 0 aliphatic rings. The van der Waals surface area contributed by atoms with E-state index in [1.165, 1.54) is 0 Å². The van der Waals surface area contributed by atoms with Gasteiger partial charge in [0.05, 0.1) is 6.42 Å². The van der Waals surface area contributed by atoms with E-state index in [1.54, 1.807) is 0 Å². The molecular formula is C6H8O4. The molecule has 0 aromatic carbocycles. The number of carbonyl (C=O) groups excluding carboxylic acids is 2. The Balaban J connectivity index is 3.35. The van der Waals surface area contributed by atoms with Crippen LogP contribution in [0.3, 0.4) is 0 Å². The molecule has 0 aromatic rings. The van der Waals surface area contributed by atoms with E-state index in [0.29, 0.717) is 0 Å². The molecule has 0 aromatic heterocycles. The van der Waals surface area contributed by atoms with Crippen molar-refractivity contribution in [2.75, 3.05) is 6.61 Å². The third-order valence-electron chi connectivity index (χ3n) is 0.916. The van der Waals surface area contributed by atoms with E-state index in [0.717, 1.165) is 0 Å². The number of ether oxygens (including phenoxy) is 1. The van der Waals surface area contributed by atoms with Crippen LogP contribution in [0.2, 0.25) is 0 Å². The fourth-order valence-electron chi connectivity index (χ4n) is 0.379. The summed E-state index contributed by atoms with van der Waals surface area (Å²) in [6, 6.07) is 0. The molecule has 0 heterocycles. The van der Waals surface area contributed by atoms with E-state index in [4.69, 9.17) is 5.11 Å². The molecule has 0 aliphatic carbocycles. The SMILES string of the molecule is [CH]OC(=O)CCC(=O)CO. The van der Waals surface area contributed by atoms with Crippen LogP contribution in [0.1, 0.15) is 12.8 Å². The number of carbonyl (C=O) groups is 2. The molecule has 4 nitrogen and oxygen atoms in total. The molecule has 4 heteroatoms. The minimum atomic E-state index is -0.651. The lowest BCUT2D eigenvalue weighted by molar-refractivity contribution is -0.140. The molecule has 2 radical (unpaired) electrons. The first kappa shape index (κ1) is 9.10. The fraction of sp³-hybridized carbons (Fsp3) is 0.500. The zero-order chi connectivity index (χ0) is 7.98. The second kappa shape index (κ2) is 4.93. The van der Waals surface area contributed by atoms with E-state index in [9.17, 15) is 9.59 Å². The van der Waals surface area contributed by atoms with Crippen molar-refractivity contribution in [3.63, 3.8) is 0 Å². The molecule has 10 heavy (non-hydrogen) atoms. The van der Waals surface area contributed by atoms with Gasteiger partial charge >= 0.3 is 5.97 Å². The summed E-state index contributed by atoms with van der Waals surface area (Å²) in [5, 5.41) is 8.19. The summed E-state index contributed by atoms with van der Waals surface area (Å²) in [7, 11) is 4.48. The zero-order valence-electron chi connectivity index (χ0n) is 5.37. The minimum Gasteiger partial charge on any atom is -0.454 e. The maximum Gasteiger partial charge on any atom is 0.306 e. The van der Waals surface area contributed by atoms with Crippen molar-refractivity contribution < 1.29 is 19.4 Å². The number of ketones is 1. The first-order valence-corrected chi connectivity index (χ1v) is 2.72. The van der Waals surface area contributed by atoms with Gasteiger partial charge in [-0.2, -0.15) is 0 Å². The van der Waals surface area contributed by atoms with Gasteiger partial charge in [0.1, 0.15) is 6.61 Å². The van der Waals surface area contributed by atoms with Gasteiger partial charge in [-0.1, -0.05) is 0 Å². The number of aliphatic hydroxyl groups excluding tert-OH is 1. The molecule has 0 saturated heterocycles. The third kappa shape index (κ3) is 4.03. The molecular weight excluding hydrogens is 136 g/mol. The Morgan fingerprint density at radius 3 is 2.40 bits per heavy atom. The zero-order valence-corrected chi connectivity index (χ0v) is 5.37. The van der Waals surface area contributed by atoms with Gasteiger partial charge < -0.3 is 9.84 Å². The van der Waals surface area contributed by atoms with Crippen LogP contribution in [0.4, 0.5) is 0 Å². The van der Waals surface area contributed by atoms with Crippen molar-refractivity contribution in [1.82, 2.24) is 0 Å². The van der Waals surface area contributed by atoms with Crippen LogP contribution < -0.4 is 0 Å². The summed E-state index contributed by atoms with van der Waals surface area (Å²) in [4.78, 5) is 20.6. The van der Waals surface area contributed by atoms with Crippen molar-refractivity contribution >= 4 is 11.8 Å². The largest absolute Gasteiger partial charge is 0.454 e. The highest BCUT2D eigenvalue weighted by atomic mass is 16.5. The second-order valence-electron chi connectivity index (χ2n) is 1.69. The summed E-state index contributed by atoms with van der Waals surface area (Å²) in [6.45, 7) is -0.544. The summed E-state index contributed by atoms with van der Waals surface area (Å²) in [6.07, 6.45) is -0.0948. The molecule has 0 aliphatic heterocycles. The lowest BCUT2D eigenvalue weighted by Gasteiger charge is -1.94. The van der Waals surface area contributed by atoms with Crippen LogP contribution in [0.15, 0.2) is 0 Å². The average molecular weight is 144 g/mol. The first-order valence-electron chi connectivity index (χ1n) is 2.72. The van der Waals surface area contributed by atoms with Crippen molar-refractivity contribution in [3.8, 4) is 0 Å². The maximum atomic E-state index is 10.3.